The van der Waals surface area contributed by atoms with Gasteiger partial charge in [0.1, 0.15) is 10.5 Å². The van der Waals surface area contributed by atoms with Crippen molar-refractivity contribution in [1.29, 1.82) is 0 Å². The van der Waals surface area contributed by atoms with Gasteiger partial charge < -0.3 is 10.2 Å². The fraction of sp³-hybridized carbons (Fsp3) is 0.125. The molecule has 0 saturated heterocycles. The maximum Gasteiger partial charge on any atom is 0.309 e. The molecular weight excluding hydrogens is 296 g/mol. The minimum absolute atomic E-state index is 0.186. The Bertz CT molecular complexity index is 732. The molecule has 0 fully saturated rings. The Morgan fingerprint density at radius 1 is 1.58 bits per heavy atom. The summed E-state index contributed by atoms with van der Waals surface area (Å²) in [4.78, 5) is 13.6. The molecule has 9 nitrogen and oxygen atoms in total. The largest absolute Gasteiger partial charge is 0.431 e. The number of nitrogens with two attached hydrogens (primary N) is 1. The first-order valence-corrected chi connectivity index (χ1v) is 7.08. The number of rotatable bonds is 4. The lowest BCUT2D eigenvalue weighted by Gasteiger charge is -1.99. The van der Waals surface area contributed by atoms with Gasteiger partial charge in [-0.2, -0.15) is 4.98 Å². The number of hydrogen-bond donors (Lipinski definition) is 2. The minimum atomic E-state index is -4.01. The van der Waals surface area contributed by atoms with Crippen molar-refractivity contribution in [3.05, 3.63) is 28.1 Å². The maximum absolute atomic E-state index is 11.9. The minimum Gasteiger partial charge on any atom is -0.431 e. The molecule has 0 radical (unpaired) electrons. The van der Waals surface area contributed by atoms with Crippen LogP contribution in [0.1, 0.15) is 5.69 Å². The lowest BCUT2D eigenvalue weighted by atomic mass is 10.5. The summed E-state index contributed by atoms with van der Waals surface area (Å²) in [5.41, 5.74) is 5.43. The normalized spacial score (nSPS) is 11.4. The summed E-state index contributed by atoms with van der Waals surface area (Å²) >= 11 is 0.592. The highest BCUT2D eigenvalue weighted by molar-refractivity contribution is 7.94. The molecule has 0 amide bonds. The van der Waals surface area contributed by atoms with Crippen molar-refractivity contribution >= 4 is 38.1 Å². The van der Waals surface area contributed by atoms with Gasteiger partial charge in [-0.3, -0.25) is 10.1 Å². The van der Waals surface area contributed by atoms with E-state index in [-0.39, 0.29) is 15.2 Å². The van der Waals surface area contributed by atoms with Gasteiger partial charge in [0, 0.05) is 6.07 Å². The second-order valence-corrected chi connectivity index (χ2v) is 6.46. The highest BCUT2D eigenvalue weighted by Gasteiger charge is 2.25. The van der Waals surface area contributed by atoms with Crippen LogP contribution in [0, 0.1) is 17.0 Å². The van der Waals surface area contributed by atoms with E-state index < -0.39 is 20.6 Å². The molecule has 2 aromatic heterocycles. The summed E-state index contributed by atoms with van der Waals surface area (Å²) in [7, 11) is -4.01. The highest BCUT2D eigenvalue weighted by Crippen LogP contribution is 2.34. The number of aromatic nitrogens is 1. The molecule has 11 heteroatoms. The second kappa shape index (κ2) is 4.51. The van der Waals surface area contributed by atoms with Gasteiger partial charge in [-0.15, -0.1) is 0 Å². The summed E-state index contributed by atoms with van der Waals surface area (Å²) in [5, 5.41) is 10.4. The lowest BCUT2D eigenvalue weighted by molar-refractivity contribution is -0.383. The predicted octanol–water partition coefficient (Wildman–Crippen LogP) is 1.34. The van der Waals surface area contributed by atoms with Crippen molar-refractivity contribution < 1.29 is 17.8 Å². The smallest absolute Gasteiger partial charge is 0.309 e. The van der Waals surface area contributed by atoms with E-state index in [1.165, 1.54) is 6.26 Å². The molecule has 0 atom stereocenters. The number of nitrogens with one attached hydrogen (secondary N) is 1. The van der Waals surface area contributed by atoms with Crippen LogP contribution >= 0.6 is 11.3 Å². The third kappa shape index (κ3) is 2.66. The Kier molecular flexibility index (Phi) is 3.16. The first-order valence-electron chi connectivity index (χ1n) is 4.78. The van der Waals surface area contributed by atoms with Crippen molar-refractivity contribution in [2.45, 2.75) is 11.1 Å². The lowest BCUT2D eigenvalue weighted by Crippen LogP contribution is -2.11. The zero-order valence-corrected chi connectivity index (χ0v) is 11.1. The quantitative estimate of drug-likeness (QED) is 0.641. The molecule has 0 unspecified atom stereocenters. The molecule has 0 aliphatic carbocycles. The van der Waals surface area contributed by atoms with Gasteiger partial charge in [0.2, 0.25) is 0 Å². The van der Waals surface area contributed by atoms with Crippen molar-refractivity contribution in [2.75, 3.05) is 10.5 Å². The van der Waals surface area contributed by atoms with E-state index in [9.17, 15) is 18.5 Å². The molecular formula is C8H8N4O5S2. The van der Waals surface area contributed by atoms with Gasteiger partial charge in [0.25, 0.3) is 10.0 Å². The summed E-state index contributed by atoms with van der Waals surface area (Å²) in [6.07, 6.45) is 1.27. The third-order valence-electron chi connectivity index (χ3n) is 2.02. The van der Waals surface area contributed by atoms with Crippen LogP contribution in [0.4, 0.5) is 16.7 Å². The molecule has 0 bridgehead atoms. The number of sulfonamides is 1. The monoisotopic (exact) mass is 304 g/mol. The average Bonchev–Trinajstić information content (AvgIpc) is 2.84. The van der Waals surface area contributed by atoms with E-state index in [0.717, 1.165) is 6.07 Å². The number of nitro groups is 1. The highest BCUT2D eigenvalue weighted by atomic mass is 32.2. The molecule has 102 valence electrons. The number of aryl methyl sites for hydroxylation is 1. The van der Waals surface area contributed by atoms with E-state index in [1.807, 2.05) is 0 Å². The molecule has 0 spiro atoms. The fourth-order valence-electron chi connectivity index (χ4n) is 1.21. The summed E-state index contributed by atoms with van der Waals surface area (Å²) in [5.74, 6) is 0. The van der Waals surface area contributed by atoms with E-state index >= 15 is 0 Å². The third-order valence-corrected chi connectivity index (χ3v) is 4.77. The van der Waals surface area contributed by atoms with E-state index in [0.29, 0.717) is 17.0 Å². The molecule has 19 heavy (non-hydrogen) atoms. The van der Waals surface area contributed by atoms with Gasteiger partial charge in [0.05, 0.1) is 10.6 Å². The van der Waals surface area contributed by atoms with Crippen molar-refractivity contribution in [2.24, 2.45) is 0 Å². The molecule has 2 rings (SSSR count). The van der Waals surface area contributed by atoms with Crippen LogP contribution in [0.3, 0.4) is 0 Å². The number of hydrogen-bond acceptors (Lipinski definition) is 8. The Balaban J connectivity index is 2.34. The number of oxazole rings is 1. The van der Waals surface area contributed by atoms with Crippen molar-refractivity contribution in [1.82, 2.24) is 4.98 Å². The van der Waals surface area contributed by atoms with Crippen LogP contribution in [0.5, 0.6) is 0 Å². The fourth-order valence-corrected chi connectivity index (χ4v) is 3.36. The van der Waals surface area contributed by atoms with Crippen LogP contribution in [-0.2, 0) is 10.0 Å². The zero-order valence-electron chi connectivity index (χ0n) is 9.48. The van der Waals surface area contributed by atoms with Gasteiger partial charge in [-0.05, 0) is 6.92 Å². The van der Waals surface area contributed by atoms with Gasteiger partial charge >= 0.3 is 11.7 Å². The zero-order chi connectivity index (χ0) is 14.2. The Morgan fingerprint density at radius 3 is 2.74 bits per heavy atom. The van der Waals surface area contributed by atoms with Crippen LogP contribution in [0.25, 0.3) is 0 Å². The van der Waals surface area contributed by atoms with E-state index in [4.69, 9.17) is 10.2 Å². The SMILES string of the molecule is Cc1coc(NS(=O)(=O)c2cc([N+](=O)[O-])c(N)s2)n1. The van der Waals surface area contributed by atoms with Crippen molar-refractivity contribution in [3.63, 3.8) is 0 Å². The van der Waals surface area contributed by atoms with Gasteiger partial charge in [-0.25, -0.2) is 13.1 Å². The van der Waals surface area contributed by atoms with Crippen LogP contribution in [0.15, 0.2) is 21.0 Å². The molecule has 0 aliphatic heterocycles. The summed E-state index contributed by atoms with van der Waals surface area (Å²) in [6.45, 7) is 1.62. The predicted molar refractivity (Wildman–Crippen MR) is 67.4 cm³/mol. The summed E-state index contributed by atoms with van der Waals surface area (Å²) in [6, 6.07) is 0.671. The first-order chi connectivity index (χ1) is 8.79. The number of thiophene rings is 1. The first kappa shape index (κ1) is 13.3. The molecule has 0 aromatic carbocycles. The number of anilines is 2. The second-order valence-electron chi connectivity index (χ2n) is 3.47. The van der Waals surface area contributed by atoms with Crippen LogP contribution < -0.4 is 10.5 Å². The average molecular weight is 304 g/mol. The van der Waals surface area contributed by atoms with Crippen LogP contribution in [-0.4, -0.2) is 18.3 Å². The molecule has 2 heterocycles. The topological polar surface area (TPSA) is 141 Å². The molecule has 0 saturated carbocycles. The van der Waals surface area contributed by atoms with E-state index in [2.05, 4.69) is 9.71 Å². The molecule has 0 aliphatic rings. The Morgan fingerprint density at radius 2 is 2.26 bits per heavy atom. The maximum atomic E-state index is 11.9. The summed E-state index contributed by atoms with van der Waals surface area (Å²) < 4.78 is 30.5. The van der Waals surface area contributed by atoms with Gasteiger partial charge in [0.15, 0.2) is 5.00 Å². The van der Waals surface area contributed by atoms with Crippen molar-refractivity contribution in [3.8, 4) is 0 Å². The Labute approximate surface area is 111 Å². The van der Waals surface area contributed by atoms with E-state index in [1.54, 1.807) is 6.92 Å². The standard InChI is InChI=1S/C8H8N4O5S2/c1-4-3-17-8(10-4)11-19(15,16)6-2-5(12(13)14)7(9)18-6/h2-3H,9H2,1H3,(H,10,11). The molecule has 2 aromatic rings. The number of nitrogens with zero attached hydrogens (tertiary/aromatic N) is 2. The van der Waals surface area contributed by atoms with Crippen LogP contribution in [0.2, 0.25) is 0 Å². The molecule has 3 N–H and O–H groups in total. The Hall–Kier alpha value is -2.14. The number of nitrogen functional groups attached to an aromatic ring is 1. The van der Waals surface area contributed by atoms with Gasteiger partial charge in [-0.1, -0.05) is 11.3 Å².